The van der Waals surface area contributed by atoms with E-state index in [1.54, 1.807) is 0 Å². The normalized spacial score (nSPS) is 14.7. The fourth-order valence-electron chi connectivity index (χ4n) is 1.12. The van der Waals surface area contributed by atoms with Gasteiger partial charge in [-0.05, 0) is 44.1 Å². The number of hydrogen-bond donors (Lipinski definition) is 0. The van der Waals surface area contributed by atoms with Gasteiger partial charge >= 0.3 is 0 Å². The highest BCUT2D eigenvalue weighted by Crippen LogP contribution is 2.17. The quantitative estimate of drug-likeness (QED) is 0.380. The zero-order valence-electron chi connectivity index (χ0n) is 10.0. The molecule has 15 heavy (non-hydrogen) atoms. The average Bonchev–Trinajstić information content (AvgIpc) is 2.26. The fourth-order valence-corrected chi connectivity index (χ4v) is 1.12. The maximum atomic E-state index is 10.6. The summed E-state index contributed by atoms with van der Waals surface area (Å²) in [6.45, 7) is 12.2. The highest BCUT2D eigenvalue weighted by Gasteiger charge is 2.07. The lowest BCUT2D eigenvalue weighted by atomic mass is 9.97. The molecule has 0 heterocycles. The van der Waals surface area contributed by atoms with Gasteiger partial charge in [-0.3, -0.25) is 0 Å². The van der Waals surface area contributed by atoms with Gasteiger partial charge in [-0.2, -0.15) is 0 Å². The second kappa shape index (κ2) is 7.04. The largest absolute Gasteiger partial charge is 0.494 e. The minimum absolute atomic E-state index is 0.138. The van der Waals surface area contributed by atoms with Gasteiger partial charge in [0.25, 0.3) is 0 Å². The van der Waals surface area contributed by atoms with Crippen molar-refractivity contribution in [1.82, 2.24) is 0 Å². The van der Waals surface area contributed by atoms with Crippen molar-refractivity contribution in [3.8, 4) is 0 Å². The molecule has 0 aromatic heterocycles. The second-order valence-corrected chi connectivity index (χ2v) is 3.40. The van der Waals surface area contributed by atoms with Crippen LogP contribution in [0.1, 0.15) is 27.7 Å². The van der Waals surface area contributed by atoms with E-state index in [4.69, 9.17) is 4.74 Å². The van der Waals surface area contributed by atoms with Gasteiger partial charge in [0.05, 0.1) is 6.61 Å². The van der Waals surface area contributed by atoms with Crippen LogP contribution in [-0.4, -0.2) is 12.9 Å². The van der Waals surface area contributed by atoms with Crippen molar-refractivity contribution in [2.24, 2.45) is 5.92 Å². The molecule has 1 atom stereocenters. The van der Waals surface area contributed by atoms with Crippen LogP contribution in [0.4, 0.5) is 0 Å². The Bertz CT molecular complexity index is 285. The average molecular weight is 208 g/mol. The maximum absolute atomic E-state index is 10.6. The molecule has 0 aliphatic rings. The van der Waals surface area contributed by atoms with E-state index in [0.717, 1.165) is 23.2 Å². The molecule has 0 amide bonds. The molecule has 0 saturated heterocycles. The van der Waals surface area contributed by atoms with Gasteiger partial charge in [0.15, 0.2) is 0 Å². The summed E-state index contributed by atoms with van der Waals surface area (Å²) in [5.74, 6) is 0.676. The van der Waals surface area contributed by atoms with Crippen molar-refractivity contribution in [2.75, 3.05) is 6.61 Å². The van der Waals surface area contributed by atoms with E-state index in [-0.39, 0.29) is 5.92 Å². The molecule has 0 aliphatic carbocycles. The van der Waals surface area contributed by atoms with Gasteiger partial charge in [-0.25, -0.2) is 0 Å². The van der Waals surface area contributed by atoms with Crippen LogP contribution < -0.4 is 0 Å². The Hall–Kier alpha value is -1.31. The summed E-state index contributed by atoms with van der Waals surface area (Å²) in [6, 6.07) is 0. The van der Waals surface area contributed by atoms with E-state index >= 15 is 0 Å². The molecule has 2 nitrogen and oxygen atoms in total. The predicted octanol–water partition coefficient (Wildman–Crippen LogP) is 3.26. The summed E-state index contributed by atoms with van der Waals surface area (Å²) in [5.41, 5.74) is 1.82. The Morgan fingerprint density at radius 3 is 2.53 bits per heavy atom. The van der Waals surface area contributed by atoms with Crippen LogP contribution in [0.5, 0.6) is 0 Å². The summed E-state index contributed by atoms with van der Waals surface area (Å²) < 4.78 is 5.38. The third-order valence-corrected chi connectivity index (χ3v) is 2.21. The molecule has 84 valence electrons. The zero-order chi connectivity index (χ0) is 11.8. The molecule has 0 fully saturated rings. The Morgan fingerprint density at radius 2 is 2.13 bits per heavy atom. The maximum Gasteiger partial charge on any atom is 0.127 e. The van der Waals surface area contributed by atoms with E-state index in [9.17, 15) is 4.79 Å². The molecule has 0 rings (SSSR count). The molecule has 0 aliphatic heterocycles. The Morgan fingerprint density at radius 1 is 1.53 bits per heavy atom. The molecular weight excluding hydrogens is 188 g/mol. The second-order valence-electron chi connectivity index (χ2n) is 3.40. The summed E-state index contributed by atoms with van der Waals surface area (Å²) in [5, 5.41) is 0. The lowest BCUT2D eigenvalue weighted by molar-refractivity contribution is -0.109. The number of aldehydes is 1. The van der Waals surface area contributed by atoms with Crippen LogP contribution in [0.15, 0.2) is 35.6 Å². The number of ether oxygens (including phenoxy) is 1. The topological polar surface area (TPSA) is 26.3 Å². The standard InChI is InChI=1S/C13H20O2/c1-6-13(15-7-2)8-10(3)12(5)11(4)9-14/h6,8-9,11H,5,7H2,1-4H3/b10-8-,13-6+. The zero-order valence-corrected chi connectivity index (χ0v) is 10.0. The van der Waals surface area contributed by atoms with Crippen molar-refractivity contribution in [1.29, 1.82) is 0 Å². The summed E-state index contributed by atoms with van der Waals surface area (Å²) in [7, 11) is 0. The Balaban J connectivity index is 4.67. The van der Waals surface area contributed by atoms with E-state index in [1.807, 2.05) is 39.8 Å². The summed E-state index contributed by atoms with van der Waals surface area (Å²) in [4.78, 5) is 10.6. The number of allylic oxidation sites excluding steroid dienone is 4. The van der Waals surface area contributed by atoms with Crippen LogP contribution in [-0.2, 0) is 9.53 Å². The molecule has 1 unspecified atom stereocenters. The van der Waals surface area contributed by atoms with E-state index in [2.05, 4.69) is 6.58 Å². The Labute approximate surface area is 92.3 Å². The van der Waals surface area contributed by atoms with Crippen molar-refractivity contribution in [3.05, 3.63) is 35.6 Å². The van der Waals surface area contributed by atoms with Gasteiger partial charge in [-0.15, -0.1) is 0 Å². The van der Waals surface area contributed by atoms with Crippen LogP contribution in [0.3, 0.4) is 0 Å². The van der Waals surface area contributed by atoms with E-state index in [0.29, 0.717) is 6.61 Å². The molecule has 0 radical (unpaired) electrons. The van der Waals surface area contributed by atoms with Crippen molar-refractivity contribution < 1.29 is 9.53 Å². The number of carbonyl (C=O) groups excluding carboxylic acids is 1. The third-order valence-electron chi connectivity index (χ3n) is 2.21. The van der Waals surface area contributed by atoms with Crippen LogP contribution in [0, 0.1) is 5.92 Å². The summed E-state index contributed by atoms with van der Waals surface area (Å²) in [6.07, 6.45) is 4.70. The predicted molar refractivity (Wildman–Crippen MR) is 63.5 cm³/mol. The minimum Gasteiger partial charge on any atom is -0.494 e. The third kappa shape index (κ3) is 4.63. The monoisotopic (exact) mass is 208 g/mol. The smallest absolute Gasteiger partial charge is 0.127 e. The van der Waals surface area contributed by atoms with Gasteiger partial charge in [-0.1, -0.05) is 13.5 Å². The summed E-state index contributed by atoms with van der Waals surface area (Å²) >= 11 is 0. The first-order chi connectivity index (χ1) is 7.06. The first kappa shape index (κ1) is 13.7. The van der Waals surface area contributed by atoms with Crippen molar-refractivity contribution in [2.45, 2.75) is 27.7 Å². The number of carbonyl (C=O) groups is 1. The van der Waals surface area contributed by atoms with Crippen molar-refractivity contribution >= 4 is 6.29 Å². The first-order valence-electron chi connectivity index (χ1n) is 5.18. The minimum atomic E-state index is -0.138. The molecule has 0 saturated carbocycles. The Kier molecular flexibility index (Phi) is 6.43. The molecule has 0 bridgehead atoms. The van der Waals surface area contributed by atoms with Crippen LogP contribution in [0.2, 0.25) is 0 Å². The molecule has 2 heteroatoms. The molecule has 0 N–H and O–H groups in total. The lowest BCUT2D eigenvalue weighted by Gasteiger charge is -2.10. The highest BCUT2D eigenvalue weighted by atomic mass is 16.5. The van der Waals surface area contributed by atoms with E-state index in [1.165, 1.54) is 0 Å². The lowest BCUT2D eigenvalue weighted by Crippen LogP contribution is -2.01. The first-order valence-corrected chi connectivity index (χ1v) is 5.18. The number of hydrogen-bond acceptors (Lipinski definition) is 2. The van der Waals surface area contributed by atoms with Crippen molar-refractivity contribution in [3.63, 3.8) is 0 Å². The van der Waals surface area contributed by atoms with Gasteiger partial charge in [0.1, 0.15) is 12.0 Å². The van der Waals surface area contributed by atoms with E-state index < -0.39 is 0 Å². The SMILES string of the molecule is C=C(/C(C)=C\C(=C/C)OCC)C(C)C=O. The van der Waals surface area contributed by atoms with Gasteiger partial charge < -0.3 is 9.53 Å². The van der Waals surface area contributed by atoms with Gasteiger partial charge in [0.2, 0.25) is 0 Å². The molecule has 0 spiro atoms. The molecular formula is C13H20O2. The highest BCUT2D eigenvalue weighted by molar-refractivity contribution is 5.61. The van der Waals surface area contributed by atoms with Crippen LogP contribution >= 0.6 is 0 Å². The van der Waals surface area contributed by atoms with Crippen LogP contribution in [0.25, 0.3) is 0 Å². The fraction of sp³-hybridized carbons (Fsp3) is 0.462. The van der Waals surface area contributed by atoms with Gasteiger partial charge in [0, 0.05) is 5.92 Å². The molecule has 0 aromatic carbocycles. The number of rotatable bonds is 6. The molecule has 0 aromatic rings.